The van der Waals surface area contributed by atoms with Crippen LogP contribution in [-0.4, -0.2) is 28.6 Å². The molecular weight excluding hydrogens is 246 g/mol. The zero-order valence-electron chi connectivity index (χ0n) is 11.6. The molecule has 0 radical (unpaired) electrons. The van der Waals surface area contributed by atoms with E-state index in [0.29, 0.717) is 24.1 Å². The molecule has 0 saturated heterocycles. The number of hydrazine groups is 1. The monoisotopic (exact) mass is 267 g/mol. The van der Waals surface area contributed by atoms with Crippen molar-refractivity contribution >= 4 is 17.6 Å². The predicted molar refractivity (Wildman–Crippen MR) is 73.6 cm³/mol. The molecule has 1 rings (SSSR count). The fourth-order valence-electron chi connectivity index (χ4n) is 1.53. The molecule has 0 aliphatic rings. The van der Waals surface area contributed by atoms with Gasteiger partial charge in [0, 0.05) is 12.5 Å². The van der Waals surface area contributed by atoms with E-state index in [2.05, 4.69) is 20.7 Å². The molecule has 0 aromatic carbocycles. The van der Waals surface area contributed by atoms with Gasteiger partial charge >= 0.3 is 5.97 Å². The zero-order valence-corrected chi connectivity index (χ0v) is 11.6. The molecular formula is C12H21N5O2. The Bertz CT molecular complexity index is 425. The van der Waals surface area contributed by atoms with Crippen LogP contribution in [0.1, 0.15) is 33.0 Å². The largest absolute Gasteiger partial charge is 0.464 e. The molecule has 19 heavy (non-hydrogen) atoms. The lowest BCUT2D eigenvalue weighted by atomic mass is 10.3. The van der Waals surface area contributed by atoms with Crippen molar-refractivity contribution in [2.75, 3.05) is 17.3 Å². The molecule has 4 N–H and O–H groups in total. The van der Waals surface area contributed by atoms with Crippen LogP contribution in [0.5, 0.6) is 0 Å². The molecule has 0 saturated carbocycles. The summed E-state index contributed by atoms with van der Waals surface area (Å²) in [5.41, 5.74) is 2.49. The smallest absolute Gasteiger partial charge is 0.328 e. The number of hydrogen-bond acceptors (Lipinski definition) is 7. The SMILES string of the molecule is CCCc1nc(NN)cc(NC(C)C(=O)OCC)n1. The molecule has 1 heterocycles. The van der Waals surface area contributed by atoms with Crippen molar-refractivity contribution < 1.29 is 9.53 Å². The van der Waals surface area contributed by atoms with E-state index >= 15 is 0 Å². The average molecular weight is 267 g/mol. The highest BCUT2D eigenvalue weighted by Crippen LogP contribution is 2.13. The van der Waals surface area contributed by atoms with Gasteiger partial charge in [-0.05, 0) is 20.3 Å². The Hall–Kier alpha value is -1.89. The third-order valence-electron chi connectivity index (χ3n) is 2.40. The van der Waals surface area contributed by atoms with Crippen LogP contribution in [0.4, 0.5) is 11.6 Å². The van der Waals surface area contributed by atoms with E-state index in [-0.39, 0.29) is 5.97 Å². The lowest BCUT2D eigenvalue weighted by Gasteiger charge is -2.14. The van der Waals surface area contributed by atoms with Gasteiger partial charge in [0.05, 0.1) is 6.61 Å². The van der Waals surface area contributed by atoms with E-state index in [4.69, 9.17) is 10.6 Å². The Balaban J connectivity index is 2.81. The summed E-state index contributed by atoms with van der Waals surface area (Å²) < 4.78 is 4.93. The van der Waals surface area contributed by atoms with Gasteiger partial charge in [0.2, 0.25) is 0 Å². The number of nitrogens with one attached hydrogen (secondary N) is 2. The summed E-state index contributed by atoms with van der Waals surface area (Å²) >= 11 is 0. The second kappa shape index (κ2) is 7.52. The van der Waals surface area contributed by atoms with Crippen LogP contribution in [0.25, 0.3) is 0 Å². The van der Waals surface area contributed by atoms with Gasteiger partial charge in [-0.25, -0.2) is 20.6 Å². The van der Waals surface area contributed by atoms with Crippen molar-refractivity contribution in [2.24, 2.45) is 5.84 Å². The van der Waals surface area contributed by atoms with Crippen molar-refractivity contribution in [1.29, 1.82) is 0 Å². The standard InChI is InChI=1S/C12H21N5O2/c1-4-6-9-15-10(7-11(16-9)17-13)14-8(3)12(18)19-5-2/h7-8H,4-6,13H2,1-3H3,(H2,14,15,16,17). The van der Waals surface area contributed by atoms with Gasteiger partial charge in [-0.1, -0.05) is 6.92 Å². The molecule has 7 nitrogen and oxygen atoms in total. The van der Waals surface area contributed by atoms with Crippen molar-refractivity contribution in [2.45, 2.75) is 39.7 Å². The van der Waals surface area contributed by atoms with E-state index in [1.54, 1.807) is 19.9 Å². The Morgan fingerprint density at radius 1 is 1.42 bits per heavy atom. The number of esters is 1. The van der Waals surface area contributed by atoms with Gasteiger partial charge in [0.25, 0.3) is 0 Å². The first-order valence-electron chi connectivity index (χ1n) is 6.38. The summed E-state index contributed by atoms with van der Waals surface area (Å²) in [6, 6.07) is 1.17. The highest BCUT2D eigenvalue weighted by molar-refractivity contribution is 5.78. The molecule has 1 atom stereocenters. The molecule has 106 valence electrons. The molecule has 1 aromatic heterocycles. The normalized spacial score (nSPS) is 11.8. The van der Waals surface area contributed by atoms with Crippen LogP contribution in [0, 0.1) is 0 Å². The lowest BCUT2D eigenvalue weighted by Crippen LogP contribution is -2.29. The van der Waals surface area contributed by atoms with E-state index in [0.717, 1.165) is 12.8 Å². The minimum atomic E-state index is -0.477. The molecule has 0 fully saturated rings. The highest BCUT2D eigenvalue weighted by Gasteiger charge is 2.15. The van der Waals surface area contributed by atoms with E-state index in [1.165, 1.54) is 0 Å². The number of aromatic nitrogens is 2. The fraction of sp³-hybridized carbons (Fsp3) is 0.583. The van der Waals surface area contributed by atoms with Crippen molar-refractivity contribution in [1.82, 2.24) is 9.97 Å². The van der Waals surface area contributed by atoms with Crippen LogP contribution >= 0.6 is 0 Å². The second-order valence-corrected chi connectivity index (χ2v) is 4.07. The molecule has 7 heteroatoms. The van der Waals surface area contributed by atoms with Gasteiger partial charge < -0.3 is 15.5 Å². The van der Waals surface area contributed by atoms with Gasteiger partial charge in [-0.2, -0.15) is 0 Å². The Morgan fingerprint density at radius 2 is 2.11 bits per heavy atom. The van der Waals surface area contributed by atoms with Crippen molar-refractivity contribution in [3.05, 3.63) is 11.9 Å². The number of aryl methyl sites for hydroxylation is 1. The quantitative estimate of drug-likeness (QED) is 0.386. The maximum atomic E-state index is 11.5. The van der Waals surface area contributed by atoms with E-state index in [9.17, 15) is 4.79 Å². The Kier molecular flexibility index (Phi) is 6.01. The summed E-state index contributed by atoms with van der Waals surface area (Å²) in [6.45, 7) is 5.88. The zero-order chi connectivity index (χ0) is 14.3. The summed E-state index contributed by atoms with van der Waals surface area (Å²) in [5, 5.41) is 2.98. The third kappa shape index (κ3) is 4.70. The summed E-state index contributed by atoms with van der Waals surface area (Å²) in [5.74, 6) is 6.78. The number of hydrogen-bond donors (Lipinski definition) is 3. The van der Waals surface area contributed by atoms with E-state index < -0.39 is 6.04 Å². The minimum absolute atomic E-state index is 0.319. The van der Waals surface area contributed by atoms with Gasteiger partial charge in [-0.15, -0.1) is 0 Å². The van der Waals surface area contributed by atoms with E-state index in [1.807, 2.05) is 6.92 Å². The first-order valence-corrected chi connectivity index (χ1v) is 6.38. The first kappa shape index (κ1) is 15.2. The Morgan fingerprint density at radius 3 is 2.68 bits per heavy atom. The Labute approximate surface area is 112 Å². The topological polar surface area (TPSA) is 102 Å². The maximum Gasteiger partial charge on any atom is 0.328 e. The molecule has 0 aliphatic heterocycles. The maximum absolute atomic E-state index is 11.5. The number of carbonyl (C=O) groups is 1. The average Bonchev–Trinajstić information content (AvgIpc) is 2.39. The minimum Gasteiger partial charge on any atom is -0.464 e. The highest BCUT2D eigenvalue weighted by atomic mass is 16.5. The fourth-order valence-corrected chi connectivity index (χ4v) is 1.53. The van der Waals surface area contributed by atoms with Crippen LogP contribution < -0.4 is 16.6 Å². The summed E-state index contributed by atoms with van der Waals surface area (Å²) in [7, 11) is 0. The van der Waals surface area contributed by atoms with Crippen LogP contribution in [0.2, 0.25) is 0 Å². The van der Waals surface area contributed by atoms with Gasteiger partial charge in [0.1, 0.15) is 23.5 Å². The molecule has 0 bridgehead atoms. The predicted octanol–water partition coefficient (Wildman–Crippen LogP) is 1.08. The van der Waals surface area contributed by atoms with Gasteiger partial charge in [-0.3, -0.25) is 0 Å². The van der Waals surface area contributed by atoms with Crippen LogP contribution in [0.15, 0.2) is 6.07 Å². The molecule has 0 aliphatic carbocycles. The van der Waals surface area contributed by atoms with Crippen LogP contribution in [0.3, 0.4) is 0 Å². The van der Waals surface area contributed by atoms with Crippen LogP contribution in [-0.2, 0) is 16.0 Å². The molecule has 1 unspecified atom stereocenters. The number of nitrogens with two attached hydrogens (primary N) is 1. The number of carbonyl (C=O) groups excluding carboxylic acids is 1. The van der Waals surface area contributed by atoms with Crippen molar-refractivity contribution in [3.63, 3.8) is 0 Å². The second-order valence-electron chi connectivity index (χ2n) is 4.07. The number of nitrogens with zero attached hydrogens (tertiary/aromatic N) is 2. The number of anilines is 2. The van der Waals surface area contributed by atoms with Gasteiger partial charge in [0.15, 0.2) is 0 Å². The molecule has 1 aromatic rings. The summed E-state index contributed by atoms with van der Waals surface area (Å²) in [6.07, 6.45) is 1.68. The third-order valence-corrected chi connectivity index (χ3v) is 2.40. The molecule has 0 amide bonds. The lowest BCUT2D eigenvalue weighted by molar-refractivity contribution is -0.143. The summed E-state index contributed by atoms with van der Waals surface area (Å²) in [4.78, 5) is 20.1. The first-order chi connectivity index (χ1) is 9.10. The molecule has 0 spiro atoms. The number of nitrogen functional groups attached to an aromatic ring is 1. The van der Waals surface area contributed by atoms with Crippen molar-refractivity contribution in [3.8, 4) is 0 Å². The number of rotatable bonds is 7. The number of ether oxygens (including phenoxy) is 1.